The molecule has 0 aromatic heterocycles. The fourth-order valence-corrected chi connectivity index (χ4v) is 4.07. The Kier molecular flexibility index (Phi) is 7.56. The molecule has 168 valence electrons. The van der Waals surface area contributed by atoms with Crippen molar-refractivity contribution in [3.05, 3.63) is 66.2 Å². The summed E-state index contributed by atoms with van der Waals surface area (Å²) in [5, 5.41) is 3.00. The summed E-state index contributed by atoms with van der Waals surface area (Å²) in [5.74, 6) is 0.606. The van der Waals surface area contributed by atoms with Gasteiger partial charge in [0.2, 0.25) is 11.8 Å². The Labute approximate surface area is 189 Å². The number of anilines is 1. The highest BCUT2D eigenvalue weighted by Crippen LogP contribution is 2.23. The van der Waals surface area contributed by atoms with E-state index in [1.165, 1.54) is 0 Å². The van der Waals surface area contributed by atoms with Gasteiger partial charge in [-0.1, -0.05) is 36.4 Å². The largest absolute Gasteiger partial charge is 0.491 e. The van der Waals surface area contributed by atoms with Gasteiger partial charge in [0.1, 0.15) is 12.4 Å². The molecule has 2 aromatic carbocycles. The summed E-state index contributed by atoms with van der Waals surface area (Å²) in [5.41, 5.74) is 1.72. The summed E-state index contributed by atoms with van der Waals surface area (Å²) in [6.45, 7) is 2.50. The molecule has 32 heavy (non-hydrogen) atoms. The lowest BCUT2D eigenvalue weighted by Crippen LogP contribution is -2.40. The molecule has 6 heteroatoms. The van der Waals surface area contributed by atoms with Gasteiger partial charge in [0.05, 0.1) is 6.10 Å². The molecular formula is C26H30N2O4. The van der Waals surface area contributed by atoms with E-state index in [9.17, 15) is 9.59 Å². The summed E-state index contributed by atoms with van der Waals surface area (Å²) in [6.07, 6.45) is 7.02. The molecule has 1 N–H and O–H groups in total. The Hall–Kier alpha value is -3.12. The van der Waals surface area contributed by atoms with E-state index < -0.39 is 0 Å². The van der Waals surface area contributed by atoms with Crippen LogP contribution < -0.4 is 10.1 Å². The highest BCUT2D eigenvalue weighted by atomic mass is 16.5. The first-order chi connectivity index (χ1) is 15.7. The molecule has 2 saturated heterocycles. The molecule has 0 radical (unpaired) electrons. The predicted molar refractivity (Wildman–Crippen MR) is 124 cm³/mol. The zero-order valence-electron chi connectivity index (χ0n) is 18.2. The van der Waals surface area contributed by atoms with Crippen molar-refractivity contribution < 1.29 is 19.1 Å². The van der Waals surface area contributed by atoms with Gasteiger partial charge in [-0.3, -0.25) is 9.59 Å². The number of likely N-dealkylation sites (tertiary alicyclic amines) is 1. The van der Waals surface area contributed by atoms with E-state index in [1.54, 1.807) is 6.08 Å². The number of piperidine rings is 1. The molecule has 1 unspecified atom stereocenters. The standard InChI is InChI=1S/C26H30N2O4/c29-25(12-11-20-6-2-1-3-7-20)28-15-13-21(14-16-28)26(30)27-22-8-4-9-23(18-22)32-19-24-10-5-17-31-24/h1-4,6-9,11-12,18,21,24H,5,10,13-17,19H2,(H,27,30). The van der Waals surface area contributed by atoms with E-state index in [4.69, 9.17) is 9.47 Å². The number of rotatable bonds is 7. The molecule has 0 spiro atoms. The van der Waals surface area contributed by atoms with Gasteiger partial charge < -0.3 is 19.7 Å². The van der Waals surface area contributed by atoms with E-state index in [0.717, 1.165) is 36.4 Å². The SMILES string of the molecule is O=C(Nc1cccc(OCC2CCCO2)c1)C1CCN(C(=O)C=Cc2ccccc2)CC1. The number of benzene rings is 2. The zero-order valence-corrected chi connectivity index (χ0v) is 18.2. The van der Waals surface area contributed by atoms with Crippen molar-refractivity contribution in [2.24, 2.45) is 5.92 Å². The number of carbonyl (C=O) groups excluding carboxylic acids is 2. The molecule has 4 rings (SSSR count). The number of hydrogen-bond acceptors (Lipinski definition) is 4. The Morgan fingerprint density at radius 2 is 1.88 bits per heavy atom. The fraction of sp³-hybridized carbons (Fsp3) is 0.385. The van der Waals surface area contributed by atoms with Crippen molar-refractivity contribution in [1.29, 1.82) is 0 Å². The van der Waals surface area contributed by atoms with Crippen molar-refractivity contribution in [3.8, 4) is 5.75 Å². The van der Waals surface area contributed by atoms with Gasteiger partial charge in [-0.25, -0.2) is 0 Å². The Bertz CT molecular complexity index is 930. The number of nitrogens with zero attached hydrogens (tertiary/aromatic N) is 1. The first kappa shape index (κ1) is 22.1. The van der Waals surface area contributed by atoms with Gasteiger partial charge in [0, 0.05) is 43.4 Å². The van der Waals surface area contributed by atoms with E-state index in [-0.39, 0.29) is 23.8 Å². The third-order valence-electron chi connectivity index (χ3n) is 5.96. The van der Waals surface area contributed by atoms with Crippen LogP contribution in [0.15, 0.2) is 60.7 Å². The predicted octanol–water partition coefficient (Wildman–Crippen LogP) is 4.13. The Morgan fingerprint density at radius 3 is 2.62 bits per heavy atom. The van der Waals surface area contributed by atoms with Crippen molar-refractivity contribution in [1.82, 2.24) is 4.90 Å². The Morgan fingerprint density at radius 1 is 1.06 bits per heavy atom. The van der Waals surface area contributed by atoms with Crippen LogP contribution >= 0.6 is 0 Å². The van der Waals surface area contributed by atoms with Gasteiger partial charge >= 0.3 is 0 Å². The number of amides is 2. The van der Waals surface area contributed by atoms with Crippen molar-refractivity contribution >= 4 is 23.6 Å². The van der Waals surface area contributed by atoms with E-state index in [2.05, 4.69) is 5.32 Å². The van der Waals surface area contributed by atoms with Gasteiger partial charge in [-0.15, -0.1) is 0 Å². The van der Waals surface area contributed by atoms with Crippen LogP contribution in [0, 0.1) is 5.92 Å². The number of carbonyl (C=O) groups is 2. The summed E-state index contributed by atoms with van der Waals surface area (Å²) < 4.78 is 11.4. The quantitative estimate of drug-likeness (QED) is 0.666. The number of hydrogen-bond donors (Lipinski definition) is 1. The van der Waals surface area contributed by atoms with Crippen LogP contribution in [0.4, 0.5) is 5.69 Å². The summed E-state index contributed by atoms with van der Waals surface area (Å²) in [6, 6.07) is 17.2. The van der Waals surface area contributed by atoms with Gasteiger partial charge in [0.15, 0.2) is 0 Å². The second-order valence-electron chi connectivity index (χ2n) is 8.31. The van der Waals surface area contributed by atoms with E-state index in [1.807, 2.05) is 65.6 Å². The average Bonchev–Trinajstić information content (AvgIpc) is 3.36. The molecule has 0 bridgehead atoms. The fourth-order valence-electron chi connectivity index (χ4n) is 4.07. The normalized spacial score (nSPS) is 19.2. The maximum Gasteiger partial charge on any atom is 0.246 e. The van der Waals surface area contributed by atoms with E-state index >= 15 is 0 Å². The molecule has 0 aliphatic carbocycles. The summed E-state index contributed by atoms with van der Waals surface area (Å²) in [7, 11) is 0. The summed E-state index contributed by atoms with van der Waals surface area (Å²) >= 11 is 0. The average molecular weight is 435 g/mol. The number of ether oxygens (including phenoxy) is 2. The zero-order chi connectivity index (χ0) is 22.2. The molecule has 1 atom stereocenters. The first-order valence-corrected chi connectivity index (χ1v) is 11.3. The number of nitrogens with one attached hydrogen (secondary N) is 1. The van der Waals surface area contributed by atoms with Crippen molar-refractivity contribution in [3.63, 3.8) is 0 Å². The second-order valence-corrected chi connectivity index (χ2v) is 8.31. The monoisotopic (exact) mass is 434 g/mol. The summed E-state index contributed by atoms with van der Waals surface area (Å²) in [4.78, 5) is 27.0. The molecule has 2 heterocycles. The molecule has 2 aliphatic rings. The van der Waals surface area contributed by atoms with Gasteiger partial charge in [-0.2, -0.15) is 0 Å². The molecule has 0 saturated carbocycles. The minimum atomic E-state index is -0.103. The van der Waals surface area contributed by atoms with Crippen LogP contribution in [0.25, 0.3) is 6.08 Å². The minimum absolute atomic E-state index is 0.00629. The highest BCUT2D eigenvalue weighted by molar-refractivity contribution is 5.94. The van der Waals surface area contributed by atoms with Crippen molar-refractivity contribution in [2.45, 2.75) is 31.8 Å². The van der Waals surface area contributed by atoms with Crippen LogP contribution in [0.3, 0.4) is 0 Å². The van der Waals surface area contributed by atoms with Crippen molar-refractivity contribution in [2.75, 3.05) is 31.6 Å². The third kappa shape index (κ3) is 6.20. The third-order valence-corrected chi connectivity index (χ3v) is 5.96. The lowest BCUT2D eigenvalue weighted by atomic mass is 9.95. The maximum atomic E-state index is 12.7. The molecule has 2 amide bonds. The van der Waals surface area contributed by atoms with Crippen LogP contribution in [0.2, 0.25) is 0 Å². The van der Waals surface area contributed by atoms with Crippen LogP contribution in [-0.2, 0) is 14.3 Å². The van der Waals surface area contributed by atoms with Crippen LogP contribution in [0.5, 0.6) is 5.75 Å². The van der Waals surface area contributed by atoms with Crippen LogP contribution in [-0.4, -0.2) is 49.1 Å². The molecule has 2 aromatic rings. The van der Waals surface area contributed by atoms with Gasteiger partial charge in [-0.05, 0) is 49.5 Å². The molecular weight excluding hydrogens is 404 g/mol. The second kappa shape index (κ2) is 11.0. The topological polar surface area (TPSA) is 67.9 Å². The van der Waals surface area contributed by atoms with Crippen LogP contribution in [0.1, 0.15) is 31.2 Å². The van der Waals surface area contributed by atoms with Gasteiger partial charge in [0.25, 0.3) is 0 Å². The lowest BCUT2D eigenvalue weighted by molar-refractivity contribution is -0.130. The minimum Gasteiger partial charge on any atom is -0.491 e. The molecule has 2 fully saturated rings. The highest BCUT2D eigenvalue weighted by Gasteiger charge is 2.26. The van der Waals surface area contributed by atoms with E-state index in [0.29, 0.717) is 32.5 Å². The molecule has 2 aliphatic heterocycles. The maximum absolute atomic E-state index is 12.7. The lowest BCUT2D eigenvalue weighted by Gasteiger charge is -2.30. The molecule has 6 nitrogen and oxygen atoms in total. The first-order valence-electron chi connectivity index (χ1n) is 11.3. The smallest absolute Gasteiger partial charge is 0.246 e. The Balaban J connectivity index is 1.23.